The third-order valence-corrected chi connectivity index (χ3v) is 4.30. The van der Waals surface area contributed by atoms with Gasteiger partial charge in [-0.15, -0.1) is 0 Å². The third kappa shape index (κ3) is 1.96. The first-order valence-corrected chi connectivity index (χ1v) is 6.89. The van der Waals surface area contributed by atoms with Crippen LogP contribution in [0.3, 0.4) is 0 Å². The molecule has 0 N–H and O–H groups in total. The molecular weight excluding hydrogens is 246 g/mol. The lowest BCUT2D eigenvalue weighted by Gasteiger charge is -2.43. The van der Waals surface area contributed by atoms with Crippen molar-refractivity contribution >= 4 is 0 Å². The van der Waals surface area contributed by atoms with Crippen molar-refractivity contribution in [2.45, 2.75) is 24.2 Å². The van der Waals surface area contributed by atoms with Gasteiger partial charge in [0, 0.05) is 5.56 Å². The van der Waals surface area contributed by atoms with Crippen molar-refractivity contribution in [2.24, 2.45) is 0 Å². The first-order chi connectivity index (χ1) is 9.79. The molecule has 0 heterocycles. The van der Waals surface area contributed by atoms with E-state index in [9.17, 15) is 5.26 Å². The SMILES string of the molecule is COc1ccccc1C1(C#N)CC(c2ccccc2)C1. The van der Waals surface area contributed by atoms with Crippen molar-refractivity contribution in [1.82, 2.24) is 0 Å². The van der Waals surface area contributed by atoms with Gasteiger partial charge in [-0.1, -0.05) is 48.5 Å². The Morgan fingerprint density at radius 1 is 1.05 bits per heavy atom. The standard InChI is InChI=1S/C18H17NO/c1-20-17-10-6-5-9-16(17)18(13-19)11-15(12-18)14-7-3-2-4-8-14/h2-10,15H,11-12H2,1H3. The van der Waals surface area contributed by atoms with Gasteiger partial charge in [-0.3, -0.25) is 0 Å². The number of rotatable bonds is 3. The molecule has 0 aliphatic heterocycles. The summed E-state index contributed by atoms with van der Waals surface area (Å²) in [6, 6.07) is 20.8. The second kappa shape index (κ2) is 5.02. The Balaban J connectivity index is 1.88. The molecule has 2 aromatic carbocycles. The smallest absolute Gasteiger partial charge is 0.123 e. The van der Waals surface area contributed by atoms with E-state index in [1.807, 2.05) is 30.3 Å². The molecule has 20 heavy (non-hydrogen) atoms. The fraction of sp³-hybridized carbons (Fsp3) is 0.278. The van der Waals surface area contributed by atoms with E-state index in [1.54, 1.807) is 7.11 Å². The summed E-state index contributed by atoms with van der Waals surface area (Å²) in [5.41, 5.74) is 1.96. The van der Waals surface area contributed by atoms with Crippen molar-refractivity contribution in [2.75, 3.05) is 7.11 Å². The van der Waals surface area contributed by atoms with Crippen LogP contribution in [0.15, 0.2) is 54.6 Å². The van der Waals surface area contributed by atoms with Crippen molar-refractivity contribution in [3.63, 3.8) is 0 Å². The van der Waals surface area contributed by atoms with Gasteiger partial charge in [0.15, 0.2) is 0 Å². The zero-order valence-electron chi connectivity index (χ0n) is 11.5. The molecule has 0 unspecified atom stereocenters. The molecule has 0 aromatic heterocycles. The predicted molar refractivity (Wildman–Crippen MR) is 78.7 cm³/mol. The van der Waals surface area contributed by atoms with Gasteiger partial charge in [-0.2, -0.15) is 5.26 Å². The Morgan fingerprint density at radius 2 is 1.70 bits per heavy atom. The largest absolute Gasteiger partial charge is 0.496 e. The van der Waals surface area contributed by atoms with Gasteiger partial charge >= 0.3 is 0 Å². The van der Waals surface area contributed by atoms with E-state index in [0.717, 1.165) is 24.2 Å². The summed E-state index contributed by atoms with van der Waals surface area (Å²) in [6.45, 7) is 0. The minimum Gasteiger partial charge on any atom is -0.496 e. The maximum Gasteiger partial charge on any atom is 0.123 e. The Labute approximate surface area is 119 Å². The number of methoxy groups -OCH3 is 1. The van der Waals surface area contributed by atoms with Crippen molar-refractivity contribution in [1.29, 1.82) is 5.26 Å². The van der Waals surface area contributed by atoms with Crippen LogP contribution >= 0.6 is 0 Å². The Kier molecular flexibility index (Phi) is 3.20. The highest BCUT2D eigenvalue weighted by Crippen LogP contribution is 2.54. The maximum absolute atomic E-state index is 9.67. The van der Waals surface area contributed by atoms with E-state index < -0.39 is 5.41 Å². The van der Waals surface area contributed by atoms with E-state index in [4.69, 9.17) is 4.74 Å². The van der Waals surface area contributed by atoms with Crippen molar-refractivity contribution in [3.8, 4) is 11.8 Å². The average molecular weight is 263 g/mol. The number of ether oxygens (including phenoxy) is 1. The van der Waals surface area contributed by atoms with Crippen LogP contribution in [-0.2, 0) is 5.41 Å². The number of hydrogen-bond donors (Lipinski definition) is 0. The Morgan fingerprint density at radius 3 is 2.35 bits per heavy atom. The highest BCUT2D eigenvalue weighted by atomic mass is 16.5. The summed E-state index contributed by atoms with van der Waals surface area (Å²) >= 11 is 0. The zero-order valence-corrected chi connectivity index (χ0v) is 11.5. The monoisotopic (exact) mass is 263 g/mol. The number of benzene rings is 2. The molecule has 100 valence electrons. The molecule has 0 saturated heterocycles. The van der Waals surface area contributed by atoms with Crippen LogP contribution < -0.4 is 4.74 Å². The predicted octanol–water partition coefficient (Wildman–Crippen LogP) is 4.03. The highest BCUT2D eigenvalue weighted by molar-refractivity contribution is 5.48. The van der Waals surface area contributed by atoms with Crippen LogP contribution in [0.25, 0.3) is 0 Å². The van der Waals surface area contributed by atoms with E-state index in [2.05, 4.69) is 30.3 Å². The molecule has 0 spiro atoms. The molecule has 2 nitrogen and oxygen atoms in total. The molecule has 0 atom stereocenters. The summed E-state index contributed by atoms with van der Waals surface area (Å²) in [4.78, 5) is 0. The average Bonchev–Trinajstić information content (AvgIpc) is 2.48. The summed E-state index contributed by atoms with van der Waals surface area (Å²) in [5.74, 6) is 1.29. The highest BCUT2D eigenvalue weighted by Gasteiger charge is 2.47. The minimum absolute atomic E-state index is 0.396. The number of nitrogens with zero attached hydrogens (tertiary/aromatic N) is 1. The molecule has 0 radical (unpaired) electrons. The van der Waals surface area contributed by atoms with Crippen LogP contribution in [0.4, 0.5) is 0 Å². The number of nitriles is 1. The van der Waals surface area contributed by atoms with Gasteiger partial charge in [0.05, 0.1) is 18.6 Å². The number of hydrogen-bond acceptors (Lipinski definition) is 2. The van der Waals surface area contributed by atoms with Gasteiger partial charge in [0.25, 0.3) is 0 Å². The third-order valence-electron chi connectivity index (χ3n) is 4.30. The van der Waals surface area contributed by atoms with Crippen LogP contribution in [0.5, 0.6) is 5.75 Å². The molecule has 0 amide bonds. The first kappa shape index (κ1) is 12.7. The molecule has 1 fully saturated rings. The molecule has 1 aliphatic carbocycles. The molecular formula is C18H17NO. The van der Waals surface area contributed by atoms with E-state index in [1.165, 1.54) is 5.56 Å². The second-order valence-electron chi connectivity index (χ2n) is 5.41. The lowest BCUT2D eigenvalue weighted by Crippen LogP contribution is -2.39. The Bertz CT molecular complexity index is 636. The molecule has 2 heteroatoms. The van der Waals surface area contributed by atoms with Crippen molar-refractivity contribution < 1.29 is 4.74 Å². The summed E-state index contributed by atoms with van der Waals surface area (Å²) in [6.07, 6.45) is 1.74. The van der Waals surface area contributed by atoms with E-state index >= 15 is 0 Å². The zero-order chi connectivity index (χ0) is 14.0. The fourth-order valence-electron chi connectivity index (χ4n) is 3.15. The van der Waals surface area contributed by atoms with Crippen LogP contribution in [0.2, 0.25) is 0 Å². The number of para-hydroxylation sites is 1. The lowest BCUT2D eigenvalue weighted by atomic mass is 9.57. The fourth-order valence-corrected chi connectivity index (χ4v) is 3.15. The molecule has 1 aliphatic rings. The normalized spacial score (nSPS) is 24.5. The van der Waals surface area contributed by atoms with Gasteiger partial charge in [-0.25, -0.2) is 0 Å². The van der Waals surface area contributed by atoms with Crippen molar-refractivity contribution in [3.05, 3.63) is 65.7 Å². The molecule has 0 bridgehead atoms. The molecule has 2 aromatic rings. The van der Waals surface area contributed by atoms with Gasteiger partial charge in [-0.05, 0) is 30.4 Å². The van der Waals surface area contributed by atoms with Crippen LogP contribution in [0, 0.1) is 11.3 Å². The molecule has 1 saturated carbocycles. The quantitative estimate of drug-likeness (QED) is 0.837. The summed E-state index contributed by atoms with van der Waals surface area (Å²) in [7, 11) is 1.66. The van der Waals surface area contributed by atoms with E-state index in [-0.39, 0.29) is 0 Å². The summed E-state index contributed by atoms with van der Waals surface area (Å²) < 4.78 is 5.42. The first-order valence-electron chi connectivity index (χ1n) is 6.89. The maximum atomic E-state index is 9.67. The van der Waals surface area contributed by atoms with Gasteiger partial charge in [0.1, 0.15) is 5.75 Å². The second-order valence-corrected chi connectivity index (χ2v) is 5.41. The summed E-state index contributed by atoms with van der Waals surface area (Å²) in [5, 5.41) is 9.67. The topological polar surface area (TPSA) is 33.0 Å². The van der Waals surface area contributed by atoms with Gasteiger partial charge in [0.2, 0.25) is 0 Å². The molecule has 3 rings (SSSR count). The van der Waals surface area contributed by atoms with Crippen LogP contribution in [0.1, 0.15) is 29.9 Å². The minimum atomic E-state index is -0.396. The Hall–Kier alpha value is -2.27. The lowest BCUT2D eigenvalue weighted by molar-refractivity contribution is 0.260. The van der Waals surface area contributed by atoms with Crippen LogP contribution in [-0.4, -0.2) is 7.11 Å². The van der Waals surface area contributed by atoms with Gasteiger partial charge < -0.3 is 4.74 Å². The van der Waals surface area contributed by atoms with E-state index in [0.29, 0.717) is 5.92 Å².